The summed E-state index contributed by atoms with van der Waals surface area (Å²) in [6, 6.07) is 0.771. The van der Waals surface area contributed by atoms with E-state index in [0.29, 0.717) is 12.2 Å². The average molecular weight is 224 g/mol. The van der Waals surface area contributed by atoms with Crippen molar-refractivity contribution in [2.24, 2.45) is 5.92 Å². The smallest absolute Gasteiger partial charge is 0.0706 e. The molecule has 3 atom stereocenters. The molecule has 1 aliphatic carbocycles. The number of ether oxygens (including phenoxy) is 1. The van der Waals surface area contributed by atoms with E-state index >= 15 is 0 Å². The summed E-state index contributed by atoms with van der Waals surface area (Å²) in [7, 11) is 0. The van der Waals surface area contributed by atoms with Crippen LogP contribution >= 0.6 is 0 Å². The molecule has 2 saturated heterocycles. The van der Waals surface area contributed by atoms with Crippen molar-refractivity contribution in [2.45, 2.75) is 50.9 Å². The average Bonchev–Trinajstić information content (AvgIpc) is 3.05. The molecule has 0 aromatic carbocycles. The lowest BCUT2D eigenvalue weighted by atomic mass is 10.1. The molecule has 0 radical (unpaired) electrons. The molecule has 0 spiro atoms. The summed E-state index contributed by atoms with van der Waals surface area (Å²) in [5.41, 5.74) is 0. The van der Waals surface area contributed by atoms with Crippen LogP contribution in [0.25, 0.3) is 0 Å². The maximum absolute atomic E-state index is 5.91. The first-order chi connectivity index (χ1) is 7.81. The molecular weight excluding hydrogens is 200 g/mol. The summed E-state index contributed by atoms with van der Waals surface area (Å²) in [6.45, 7) is 6.99. The fraction of sp³-hybridized carbons (Fsp3) is 1.00. The summed E-state index contributed by atoms with van der Waals surface area (Å²) < 4.78 is 5.91. The highest BCUT2D eigenvalue weighted by Crippen LogP contribution is 2.33. The van der Waals surface area contributed by atoms with Gasteiger partial charge in [-0.15, -0.1) is 0 Å². The van der Waals surface area contributed by atoms with Crippen LogP contribution in [0.2, 0.25) is 0 Å². The van der Waals surface area contributed by atoms with E-state index < -0.39 is 0 Å². The third-order valence-corrected chi connectivity index (χ3v) is 4.26. The van der Waals surface area contributed by atoms with Gasteiger partial charge >= 0.3 is 0 Å². The van der Waals surface area contributed by atoms with Crippen molar-refractivity contribution in [1.29, 1.82) is 0 Å². The maximum Gasteiger partial charge on any atom is 0.0706 e. The van der Waals surface area contributed by atoms with Gasteiger partial charge in [-0.05, 0) is 38.5 Å². The summed E-state index contributed by atoms with van der Waals surface area (Å²) in [4.78, 5) is 2.61. The molecule has 1 N–H and O–H groups in total. The molecule has 0 amide bonds. The Labute approximate surface area is 98.5 Å². The molecule has 1 saturated carbocycles. The van der Waals surface area contributed by atoms with Crippen molar-refractivity contribution < 1.29 is 4.74 Å². The minimum atomic E-state index is 0.493. The van der Waals surface area contributed by atoms with E-state index in [-0.39, 0.29) is 0 Å². The van der Waals surface area contributed by atoms with Crippen molar-refractivity contribution in [3.05, 3.63) is 0 Å². The van der Waals surface area contributed by atoms with E-state index in [1.54, 1.807) is 0 Å². The van der Waals surface area contributed by atoms with Crippen LogP contribution in [-0.2, 0) is 4.74 Å². The first-order valence-electron chi connectivity index (χ1n) is 6.92. The van der Waals surface area contributed by atoms with Crippen LogP contribution in [0.15, 0.2) is 0 Å². The van der Waals surface area contributed by atoms with Gasteiger partial charge in [0.05, 0.1) is 12.2 Å². The lowest BCUT2D eigenvalue weighted by Crippen LogP contribution is -2.53. The molecule has 3 nitrogen and oxygen atoms in total. The van der Waals surface area contributed by atoms with E-state index in [2.05, 4.69) is 17.1 Å². The number of hydrogen-bond acceptors (Lipinski definition) is 3. The van der Waals surface area contributed by atoms with Crippen LogP contribution in [0.3, 0.4) is 0 Å². The van der Waals surface area contributed by atoms with E-state index in [1.807, 2.05) is 0 Å². The van der Waals surface area contributed by atoms with Crippen LogP contribution in [0.4, 0.5) is 0 Å². The monoisotopic (exact) mass is 224 g/mol. The third kappa shape index (κ3) is 2.58. The lowest BCUT2D eigenvalue weighted by molar-refractivity contribution is 0.0245. The van der Waals surface area contributed by atoms with Gasteiger partial charge in [-0.2, -0.15) is 0 Å². The largest absolute Gasteiger partial charge is 0.374 e. The van der Waals surface area contributed by atoms with Gasteiger partial charge in [0.15, 0.2) is 0 Å². The minimum Gasteiger partial charge on any atom is -0.374 e. The zero-order chi connectivity index (χ0) is 11.0. The van der Waals surface area contributed by atoms with Crippen molar-refractivity contribution in [2.75, 3.05) is 26.2 Å². The Morgan fingerprint density at radius 3 is 2.81 bits per heavy atom. The highest BCUT2D eigenvalue weighted by atomic mass is 16.5. The van der Waals surface area contributed by atoms with Crippen LogP contribution in [0.5, 0.6) is 0 Å². The normalized spacial score (nSPS) is 41.4. The van der Waals surface area contributed by atoms with Crippen molar-refractivity contribution >= 4 is 0 Å². The Bertz CT molecular complexity index is 242. The molecule has 2 aliphatic heterocycles. The van der Waals surface area contributed by atoms with Crippen LogP contribution in [0, 0.1) is 5.92 Å². The van der Waals surface area contributed by atoms with Crippen molar-refractivity contribution in [3.8, 4) is 0 Å². The second-order valence-electron chi connectivity index (χ2n) is 5.80. The first-order valence-corrected chi connectivity index (χ1v) is 6.92. The molecule has 3 fully saturated rings. The van der Waals surface area contributed by atoms with Gasteiger partial charge in [0.2, 0.25) is 0 Å². The van der Waals surface area contributed by atoms with Gasteiger partial charge in [0.1, 0.15) is 0 Å². The Balaban J connectivity index is 1.46. The molecule has 3 rings (SSSR count). The fourth-order valence-electron chi connectivity index (χ4n) is 3.13. The highest BCUT2D eigenvalue weighted by Gasteiger charge is 2.35. The number of rotatable bonds is 3. The van der Waals surface area contributed by atoms with E-state index in [1.165, 1.54) is 45.3 Å². The molecule has 0 aromatic heterocycles. The zero-order valence-corrected chi connectivity index (χ0v) is 10.3. The quantitative estimate of drug-likeness (QED) is 0.780. The number of piperazine rings is 1. The van der Waals surface area contributed by atoms with Gasteiger partial charge in [0, 0.05) is 32.2 Å². The van der Waals surface area contributed by atoms with E-state index in [9.17, 15) is 0 Å². The molecule has 0 aromatic rings. The van der Waals surface area contributed by atoms with Crippen LogP contribution in [-0.4, -0.2) is 49.3 Å². The third-order valence-electron chi connectivity index (χ3n) is 4.26. The van der Waals surface area contributed by atoms with Gasteiger partial charge < -0.3 is 10.1 Å². The zero-order valence-electron chi connectivity index (χ0n) is 10.3. The van der Waals surface area contributed by atoms with Crippen LogP contribution < -0.4 is 5.32 Å². The SMILES string of the molecule is CC1CCC(CN2CCNC(C3CC3)C2)O1. The Hall–Kier alpha value is -0.120. The van der Waals surface area contributed by atoms with Gasteiger partial charge in [-0.1, -0.05) is 0 Å². The molecule has 3 unspecified atom stereocenters. The molecule has 3 heteroatoms. The second kappa shape index (κ2) is 4.63. The maximum atomic E-state index is 5.91. The van der Waals surface area contributed by atoms with Crippen LogP contribution in [0.1, 0.15) is 32.6 Å². The Kier molecular flexibility index (Phi) is 3.18. The lowest BCUT2D eigenvalue weighted by Gasteiger charge is -2.35. The Morgan fingerprint density at radius 1 is 1.25 bits per heavy atom. The first kappa shape index (κ1) is 11.0. The number of nitrogens with zero attached hydrogens (tertiary/aromatic N) is 1. The standard InChI is InChI=1S/C13H24N2O/c1-10-2-5-12(16-10)8-15-7-6-14-13(9-15)11-3-4-11/h10-14H,2-9H2,1H3. The van der Waals surface area contributed by atoms with E-state index in [0.717, 1.165) is 18.5 Å². The second-order valence-corrected chi connectivity index (χ2v) is 5.80. The molecule has 0 bridgehead atoms. The topological polar surface area (TPSA) is 24.5 Å². The number of nitrogens with one attached hydrogen (secondary N) is 1. The van der Waals surface area contributed by atoms with Gasteiger partial charge in [0.25, 0.3) is 0 Å². The molecule has 2 heterocycles. The van der Waals surface area contributed by atoms with Crippen molar-refractivity contribution in [1.82, 2.24) is 10.2 Å². The van der Waals surface area contributed by atoms with Crippen molar-refractivity contribution in [3.63, 3.8) is 0 Å². The molecule has 3 aliphatic rings. The summed E-state index contributed by atoms with van der Waals surface area (Å²) >= 11 is 0. The van der Waals surface area contributed by atoms with E-state index in [4.69, 9.17) is 4.74 Å². The molecular formula is C13H24N2O. The summed E-state index contributed by atoms with van der Waals surface area (Å²) in [5, 5.41) is 3.66. The van der Waals surface area contributed by atoms with Gasteiger partial charge in [-0.3, -0.25) is 4.90 Å². The predicted octanol–water partition coefficient (Wildman–Crippen LogP) is 1.24. The summed E-state index contributed by atoms with van der Waals surface area (Å²) in [5.74, 6) is 0.978. The predicted molar refractivity (Wildman–Crippen MR) is 64.5 cm³/mol. The number of hydrogen-bond donors (Lipinski definition) is 1. The highest BCUT2D eigenvalue weighted by molar-refractivity contribution is 4.91. The molecule has 16 heavy (non-hydrogen) atoms. The Morgan fingerprint density at radius 2 is 2.12 bits per heavy atom. The fourth-order valence-corrected chi connectivity index (χ4v) is 3.13. The van der Waals surface area contributed by atoms with Gasteiger partial charge in [-0.25, -0.2) is 0 Å². The summed E-state index contributed by atoms with van der Waals surface area (Å²) in [6.07, 6.45) is 6.41. The molecule has 92 valence electrons. The minimum absolute atomic E-state index is 0.493.